The molecule has 29 heavy (non-hydrogen) atoms. The first kappa shape index (κ1) is 19.0. The Kier molecular flexibility index (Phi) is 4.45. The van der Waals surface area contributed by atoms with Crippen molar-refractivity contribution < 1.29 is 22.7 Å². The molecule has 1 aliphatic carbocycles. The first-order chi connectivity index (χ1) is 13.9. The molecular formula is C19H21ClF2N4O3. The third kappa shape index (κ3) is 3.35. The monoisotopic (exact) mass is 426 g/mol. The van der Waals surface area contributed by atoms with Crippen LogP contribution in [0.25, 0.3) is 11.1 Å². The fraction of sp³-hybridized carbons (Fsp3) is 0.579. The number of carbonyl (C=O) groups excluding carboxylic acids is 1. The van der Waals surface area contributed by atoms with Gasteiger partial charge in [0.15, 0.2) is 5.58 Å². The predicted octanol–water partition coefficient (Wildman–Crippen LogP) is 3.90. The Morgan fingerprint density at radius 2 is 2.10 bits per heavy atom. The summed E-state index contributed by atoms with van der Waals surface area (Å²) in [6, 6.07) is 1.43. The standard InChI is InChI=1S/C19H21ClF2N4O3/c20-11-7-12-16(29-13(24-12)8-23-10-1-6-28-9-10)14-15(11)25-17(27)26-18(14)2-4-19(21,22)5-3-18/h7,10,23H,1-6,8-9H2,(H2,25,26,27)/t10-/m0/s1. The van der Waals surface area contributed by atoms with E-state index < -0.39 is 17.5 Å². The van der Waals surface area contributed by atoms with Gasteiger partial charge >= 0.3 is 6.03 Å². The van der Waals surface area contributed by atoms with Crippen LogP contribution in [-0.2, 0) is 16.8 Å². The zero-order valence-corrected chi connectivity index (χ0v) is 16.4. The molecule has 3 heterocycles. The third-order valence-electron chi connectivity index (χ3n) is 6.05. The van der Waals surface area contributed by atoms with Gasteiger partial charge in [-0.1, -0.05) is 11.6 Å². The number of rotatable bonds is 3. The molecule has 156 valence electrons. The molecular weight excluding hydrogens is 406 g/mol. The van der Waals surface area contributed by atoms with Crippen molar-refractivity contribution in [2.45, 2.75) is 56.2 Å². The van der Waals surface area contributed by atoms with Crippen LogP contribution in [0.5, 0.6) is 0 Å². The number of anilines is 1. The van der Waals surface area contributed by atoms with E-state index in [0.29, 0.717) is 46.4 Å². The number of hydrogen-bond donors (Lipinski definition) is 3. The van der Waals surface area contributed by atoms with Gasteiger partial charge in [0, 0.05) is 31.1 Å². The number of nitrogens with one attached hydrogen (secondary N) is 3. The van der Waals surface area contributed by atoms with Gasteiger partial charge in [-0.25, -0.2) is 18.6 Å². The lowest BCUT2D eigenvalue weighted by atomic mass is 9.73. The second-order valence-corrected chi connectivity index (χ2v) is 8.43. The van der Waals surface area contributed by atoms with Crippen molar-refractivity contribution in [2.75, 3.05) is 18.5 Å². The van der Waals surface area contributed by atoms with Crippen molar-refractivity contribution in [1.29, 1.82) is 0 Å². The van der Waals surface area contributed by atoms with Gasteiger partial charge in [-0.3, -0.25) is 0 Å². The smallest absolute Gasteiger partial charge is 0.319 e. The van der Waals surface area contributed by atoms with Crippen LogP contribution in [0.3, 0.4) is 0 Å². The second-order valence-electron chi connectivity index (χ2n) is 8.02. The summed E-state index contributed by atoms with van der Waals surface area (Å²) in [6.07, 6.45) is 0.498. The highest BCUT2D eigenvalue weighted by Gasteiger charge is 2.50. The maximum Gasteiger partial charge on any atom is 0.319 e. The minimum atomic E-state index is -2.74. The van der Waals surface area contributed by atoms with E-state index in [9.17, 15) is 13.6 Å². The number of oxazole rings is 1. The van der Waals surface area contributed by atoms with Gasteiger partial charge in [0.2, 0.25) is 11.8 Å². The predicted molar refractivity (Wildman–Crippen MR) is 102 cm³/mol. The average Bonchev–Trinajstić information content (AvgIpc) is 3.32. The van der Waals surface area contributed by atoms with E-state index >= 15 is 0 Å². The maximum absolute atomic E-state index is 13.9. The molecule has 2 amide bonds. The van der Waals surface area contributed by atoms with Crippen LogP contribution >= 0.6 is 11.6 Å². The highest BCUT2D eigenvalue weighted by Crippen LogP contribution is 2.51. The molecule has 3 aliphatic rings. The number of aromatic nitrogens is 1. The summed E-state index contributed by atoms with van der Waals surface area (Å²) in [4.78, 5) is 16.8. The molecule has 10 heteroatoms. The summed E-state index contributed by atoms with van der Waals surface area (Å²) in [7, 11) is 0. The third-order valence-corrected chi connectivity index (χ3v) is 6.35. The highest BCUT2D eigenvalue weighted by molar-refractivity contribution is 6.35. The van der Waals surface area contributed by atoms with E-state index in [1.165, 1.54) is 0 Å². The largest absolute Gasteiger partial charge is 0.439 e. The number of halogens is 3. The first-order valence-corrected chi connectivity index (χ1v) is 10.1. The van der Waals surface area contributed by atoms with Crippen LogP contribution in [0.15, 0.2) is 10.5 Å². The highest BCUT2D eigenvalue weighted by atomic mass is 35.5. The fourth-order valence-corrected chi connectivity index (χ4v) is 4.75. The van der Waals surface area contributed by atoms with Crippen molar-refractivity contribution in [2.24, 2.45) is 0 Å². The lowest BCUT2D eigenvalue weighted by molar-refractivity contribution is -0.0552. The molecule has 1 atom stereocenters. The van der Waals surface area contributed by atoms with Crippen molar-refractivity contribution in [3.05, 3.63) is 22.5 Å². The number of benzene rings is 1. The lowest BCUT2D eigenvalue weighted by Gasteiger charge is -2.44. The Morgan fingerprint density at radius 3 is 2.83 bits per heavy atom. The van der Waals surface area contributed by atoms with Gasteiger partial charge in [-0.2, -0.15) is 0 Å². The van der Waals surface area contributed by atoms with Crippen molar-refractivity contribution >= 4 is 34.4 Å². The number of amides is 2. The van der Waals surface area contributed by atoms with Gasteiger partial charge in [0.05, 0.1) is 29.4 Å². The lowest BCUT2D eigenvalue weighted by Crippen LogP contribution is -2.54. The molecule has 1 aromatic carbocycles. The molecule has 7 nitrogen and oxygen atoms in total. The molecule has 2 fully saturated rings. The van der Waals surface area contributed by atoms with Gasteiger partial charge in [0.25, 0.3) is 0 Å². The summed E-state index contributed by atoms with van der Waals surface area (Å²) in [6.45, 7) is 1.79. The molecule has 1 saturated heterocycles. The molecule has 1 aromatic heterocycles. The Bertz CT molecular complexity index is 964. The zero-order valence-electron chi connectivity index (χ0n) is 15.6. The number of fused-ring (bicyclic) bond motifs is 4. The molecule has 5 rings (SSSR count). The van der Waals surface area contributed by atoms with Crippen molar-refractivity contribution in [1.82, 2.24) is 15.6 Å². The van der Waals surface area contributed by atoms with E-state index in [-0.39, 0.29) is 31.7 Å². The van der Waals surface area contributed by atoms with E-state index in [0.717, 1.165) is 13.0 Å². The van der Waals surface area contributed by atoms with E-state index in [1.54, 1.807) is 6.07 Å². The van der Waals surface area contributed by atoms with Crippen LogP contribution in [0.2, 0.25) is 5.02 Å². The van der Waals surface area contributed by atoms with E-state index in [2.05, 4.69) is 20.9 Å². The van der Waals surface area contributed by atoms with E-state index in [1.807, 2.05) is 0 Å². The quantitative estimate of drug-likeness (QED) is 0.692. The zero-order chi connectivity index (χ0) is 20.2. The first-order valence-electron chi connectivity index (χ1n) is 9.76. The Hall–Kier alpha value is -1.97. The number of hydrogen-bond acceptors (Lipinski definition) is 5. The molecule has 0 unspecified atom stereocenters. The summed E-state index contributed by atoms with van der Waals surface area (Å²) in [5, 5.41) is 9.24. The van der Waals surface area contributed by atoms with Gasteiger partial charge in [0.1, 0.15) is 5.52 Å². The summed E-state index contributed by atoms with van der Waals surface area (Å²) >= 11 is 6.43. The van der Waals surface area contributed by atoms with Crippen LogP contribution in [0, 0.1) is 0 Å². The second kappa shape index (κ2) is 6.78. The molecule has 0 radical (unpaired) electrons. The van der Waals surface area contributed by atoms with Gasteiger partial charge in [-0.15, -0.1) is 0 Å². The minimum absolute atomic E-state index is 0.101. The van der Waals surface area contributed by atoms with Crippen LogP contribution in [0.1, 0.15) is 43.6 Å². The Balaban J connectivity index is 1.55. The minimum Gasteiger partial charge on any atom is -0.439 e. The number of urea groups is 1. The topological polar surface area (TPSA) is 88.4 Å². The molecule has 2 aliphatic heterocycles. The summed E-state index contributed by atoms with van der Waals surface area (Å²) in [5.74, 6) is -2.26. The average molecular weight is 427 g/mol. The van der Waals surface area contributed by atoms with Gasteiger partial charge in [-0.05, 0) is 25.3 Å². The van der Waals surface area contributed by atoms with Crippen molar-refractivity contribution in [3.63, 3.8) is 0 Å². The molecule has 1 saturated carbocycles. The fourth-order valence-electron chi connectivity index (χ4n) is 4.50. The molecule has 2 aromatic rings. The molecule has 0 bridgehead atoms. The number of ether oxygens (including phenoxy) is 1. The normalized spacial score (nSPS) is 25.1. The number of nitrogens with zero attached hydrogens (tertiary/aromatic N) is 1. The Morgan fingerprint density at radius 1 is 1.31 bits per heavy atom. The van der Waals surface area contributed by atoms with Crippen LogP contribution in [-0.4, -0.2) is 36.2 Å². The SMILES string of the molecule is O=C1Nc2c(Cl)cc3nc(CN[C@H]4CCOC4)oc3c2C2(CCC(F)(F)CC2)N1. The van der Waals surface area contributed by atoms with Gasteiger partial charge < -0.3 is 25.1 Å². The Labute approximate surface area is 170 Å². The molecule has 1 spiro atoms. The summed E-state index contributed by atoms with van der Waals surface area (Å²) in [5.41, 5.74) is 1.09. The number of alkyl halides is 2. The van der Waals surface area contributed by atoms with E-state index in [4.69, 9.17) is 20.8 Å². The molecule has 3 N–H and O–H groups in total. The van der Waals surface area contributed by atoms with Crippen LogP contribution in [0.4, 0.5) is 19.3 Å². The van der Waals surface area contributed by atoms with Crippen molar-refractivity contribution in [3.8, 4) is 0 Å². The van der Waals surface area contributed by atoms with Crippen LogP contribution < -0.4 is 16.0 Å². The maximum atomic E-state index is 13.9. The number of carbonyl (C=O) groups is 1. The summed E-state index contributed by atoms with van der Waals surface area (Å²) < 4.78 is 39.1.